The van der Waals surface area contributed by atoms with Gasteiger partial charge in [-0.3, -0.25) is 0 Å². The Labute approximate surface area is 88.4 Å². The number of hydrogen-bond donors (Lipinski definition) is 1. The van der Waals surface area contributed by atoms with E-state index in [4.69, 9.17) is 4.74 Å². The van der Waals surface area contributed by atoms with Crippen LogP contribution in [-0.4, -0.2) is 26.3 Å². The zero-order chi connectivity index (χ0) is 10.2. The number of hydrogen-bond acceptors (Lipinski definition) is 2. The predicted molar refractivity (Wildman–Crippen MR) is 60.5 cm³/mol. The van der Waals surface area contributed by atoms with Crippen LogP contribution >= 0.6 is 0 Å². The summed E-state index contributed by atoms with van der Waals surface area (Å²) in [7, 11) is 1.77. The summed E-state index contributed by atoms with van der Waals surface area (Å²) in [6.07, 6.45) is 8.08. The highest BCUT2D eigenvalue weighted by Crippen LogP contribution is 2.23. The molecular weight excluding hydrogens is 174 g/mol. The van der Waals surface area contributed by atoms with Gasteiger partial charge in [0.25, 0.3) is 0 Å². The summed E-state index contributed by atoms with van der Waals surface area (Å²) in [6.45, 7) is 4.45. The van der Waals surface area contributed by atoms with Crippen molar-refractivity contribution in [3.05, 3.63) is 0 Å². The van der Waals surface area contributed by atoms with Gasteiger partial charge >= 0.3 is 0 Å². The van der Waals surface area contributed by atoms with Crippen LogP contribution in [0.1, 0.15) is 45.4 Å². The van der Waals surface area contributed by atoms with Crippen molar-refractivity contribution in [1.82, 2.24) is 5.32 Å². The predicted octanol–water partition coefficient (Wildman–Crippen LogP) is 2.58. The number of nitrogens with one attached hydrogen (secondary N) is 1. The molecule has 2 nitrogen and oxygen atoms in total. The van der Waals surface area contributed by atoms with E-state index in [9.17, 15) is 0 Å². The molecule has 0 saturated heterocycles. The summed E-state index contributed by atoms with van der Waals surface area (Å²) >= 11 is 0. The molecular formula is C12H25NO. The minimum Gasteiger partial charge on any atom is -0.385 e. The van der Waals surface area contributed by atoms with Gasteiger partial charge in [0.1, 0.15) is 0 Å². The molecule has 0 unspecified atom stereocenters. The van der Waals surface area contributed by atoms with Gasteiger partial charge in [0.05, 0.1) is 0 Å². The van der Waals surface area contributed by atoms with Crippen molar-refractivity contribution < 1.29 is 4.74 Å². The molecule has 1 saturated carbocycles. The summed E-state index contributed by atoms with van der Waals surface area (Å²) in [5, 5.41) is 3.67. The Balaban J connectivity index is 1.99. The molecule has 1 aliphatic carbocycles. The van der Waals surface area contributed by atoms with E-state index < -0.39 is 0 Å². The molecule has 0 radical (unpaired) electrons. The van der Waals surface area contributed by atoms with Crippen molar-refractivity contribution in [3.8, 4) is 0 Å². The van der Waals surface area contributed by atoms with Crippen LogP contribution in [0.5, 0.6) is 0 Å². The number of rotatable bonds is 6. The molecule has 0 aromatic rings. The molecule has 84 valence electrons. The highest BCUT2D eigenvalue weighted by molar-refractivity contribution is 4.77. The van der Waals surface area contributed by atoms with Crippen molar-refractivity contribution in [2.45, 2.75) is 51.5 Å². The molecule has 1 fully saturated rings. The molecule has 0 spiro atoms. The summed E-state index contributed by atoms with van der Waals surface area (Å²) in [5.74, 6) is 0.881. The molecule has 0 aromatic heterocycles. The molecule has 1 N–H and O–H groups in total. The lowest BCUT2D eigenvalue weighted by molar-refractivity contribution is 0.191. The Bertz CT molecular complexity index is 138. The van der Waals surface area contributed by atoms with Crippen molar-refractivity contribution in [2.75, 3.05) is 20.3 Å². The van der Waals surface area contributed by atoms with Crippen molar-refractivity contribution in [2.24, 2.45) is 5.92 Å². The van der Waals surface area contributed by atoms with Crippen molar-refractivity contribution >= 4 is 0 Å². The van der Waals surface area contributed by atoms with E-state index in [2.05, 4.69) is 12.2 Å². The van der Waals surface area contributed by atoms with Crippen LogP contribution < -0.4 is 5.32 Å². The quantitative estimate of drug-likeness (QED) is 0.664. The second-order valence-electron chi connectivity index (χ2n) is 4.52. The fourth-order valence-electron chi connectivity index (χ4n) is 2.28. The Morgan fingerprint density at radius 3 is 2.71 bits per heavy atom. The third-order valence-electron chi connectivity index (χ3n) is 3.29. The lowest BCUT2D eigenvalue weighted by Gasteiger charge is -2.29. The van der Waals surface area contributed by atoms with E-state index in [1.54, 1.807) is 7.11 Å². The van der Waals surface area contributed by atoms with Crippen LogP contribution in [0.25, 0.3) is 0 Å². The first-order valence-corrected chi connectivity index (χ1v) is 6.07. The topological polar surface area (TPSA) is 21.3 Å². The highest BCUT2D eigenvalue weighted by Gasteiger charge is 2.19. The lowest BCUT2D eigenvalue weighted by atomic mass is 9.86. The average molecular weight is 199 g/mol. The van der Waals surface area contributed by atoms with E-state index in [1.807, 2.05) is 0 Å². The summed E-state index contributed by atoms with van der Waals surface area (Å²) in [6, 6.07) is 0.784. The first-order valence-electron chi connectivity index (χ1n) is 6.07. The van der Waals surface area contributed by atoms with Crippen molar-refractivity contribution in [3.63, 3.8) is 0 Å². The van der Waals surface area contributed by atoms with Crippen LogP contribution in [-0.2, 0) is 4.74 Å². The monoisotopic (exact) mass is 199 g/mol. The van der Waals surface area contributed by atoms with Gasteiger partial charge in [0.2, 0.25) is 0 Å². The van der Waals surface area contributed by atoms with Crippen LogP contribution in [0.2, 0.25) is 0 Å². The van der Waals surface area contributed by atoms with Gasteiger partial charge < -0.3 is 10.1 Å². The van der Waals surface area contributed by atoms with E-state index in [0.29, 0.717) is 0 Å². The Hall–Kier alpha value is -0.0800. The maximum atomic E-state index is 5.03. The largest absolute Gasteiger partial charge is 0.385 e. The minimum absolute atomic E-state index is 0.784. The van der Waals surface area contributed by atoms with Gasteiger partial charge in [-0.05, 0) is 38.1 Å². The number of unbranched alkanes of at least 4 members (excludes halogenated alkanes) is 1. The van der Waals surface area contributed by atoms with Gasteiger partial charge in [0.15, 0.2) is 0 Å². The maximum Gasteiger partial charge on any atom is 0.0462 e. The Morgan fingerprint density at radius 1 is 1.21 bits per heavy atom. The van der Waals surface area contributed by atoms with Gasteiger partial charge in [-0.2, -0.15) is 0 Å². The van der Waals surface area contributed by atoms with E-state index in [-0.39, 0.29) is 0 Å². The molecule has 2 atom stereocenters. The number of methoxy groups -OCH3 is 1. The molecule has 0 heterocycles. The summed E-state index contributed by atoms with van der Waals surface area (Å²) in [4.78, 5) is 0. The van der Waals surface area contributed by atoms with Crippen LogP contribution in [0.3, 0.4) is 0 Å². The molecule has 14 heavy (non-hydrogen) atoms. The van der Waals surface area contributed by atoms with Crippen LogP contribution in [0.4, 0.5) is 0 Å². The van der Waals surface area contributed by atoms with Gasteiger partial charge in [-0.25, -0.2) is 0 Å². The van der Waals surface area contributed by atoms with Crippen molar-refractivity contribution in [1.29, 1.82) is 0 Å². The Morgan fingerprint density at radius 2 is 2.00 bits per heavy atom. The molecule has 1 rings (SSSR count). The summed E-state index contributed by atoms with van der Waals surface area (Å²) in [5.41, 5.74) is 0. The zero-order valence-electron chi connectivity index (χ0n) is 9.72. The first-order chi connectivity index (χ1) is 6.84. The normalized spacial score (nSPS) is 27.9. The first kappa shape index (κ1) is 12.0. The standard InChI is InChI=1S/C12H25NO/c1-11-7-3-4-8-12(11)13-9-5-6-10-14-2/h11-13H,3-10H2,1-2H3/t11-,12+/m1/s1. The van der Waals surface area contributed by atoms with E-state index in [1.165, 1.54) is 45.1 Å². The molecule has 0 aromatic carbocycles. The maximum absolute atomic E-state index is 5.03. The van der Waals surface area contributed by atoms with Gasteiger partial charge in [0, 0.05) is 19.8 Å². The second-order valence-corrected chi connectivity index (χ2v) is 4.52. The fraction of sp³-hybridized carbons (Fsp3) is 1.00. The lowest BCUT2D eigenvalue weighted by Crippen LogP contribution is -2.37. The average Bonchev–Trinajstić information content (AvgIpc) is 2.20. The minimum atomic E-state index is 0.784. The number of ether oxygens (including phenoxy) is 1. The molecule has 0 amide bonds. The zero-order valence-corrected chi connectivity index (χ0v) is 9.72. The van der Waals surface area contributed by atoms with E-state index >= 15 is 0 Å². The van der Waals surface area contributed by atoms with Crippen LogP contribution in [0.15, 0.2) is 0 Å². The van der Waals surface area contributed by atoms with Gasteiger partial charge in [-0.1, -0.05) is 19.8 Å². The highest BCUT2D eigenvalue weighted by atomic mass is 16.5. The Kier molecular flexibility index (Phi) is 6.20. The molecule has 1 aliphatic rings. The van der Waals surface area contributed by atoms with Gasteiger partial charge in [-0.15, -0.1) is 0 Å². The second kappa shape index (κ2) is 7.24. The third kappa shape index (κ3) is 4.43. The third-order valence-corrected chi connectivity index (χ3v) is 3.29. The van der Waals surface area contributed by atoms with E-state index in [0.717, 1.165) is 18.6 Å². The molecule has 2 heteroatoms. The summed E-state index contributed by atoms with van der Waals surface area (Å²) < 4.78 is 5.03. The molecule has 0 aliphatic heterocycles. The smallest absolute Gasteiger partial charge is 0.0462 e. The SMILES string of the molecule is COCCCCN[C@H]1CCCC[C@H]1C. The van der Waals surface area contributed by atoms with Crippen LogP contribution in [0, 0.1) is 5.92 Å². The molecule has 0 bridgehead atoms. The fourth-order valence-corrected chi connectivity index (χ4v) is 2.28.